The highest BCUT2D eigenvalue weighted by Crippen LogP contribution is 2.42. The molecular formula is C17H16ClN5O3. The number of carbonyl (C=O) groups is 2. The van der Waals surface area contributed by atoms with Crippen LogP contribution in [-0.4, -0.2) is 45.8 Å². The lowest BCUT2D eigenvalue weighted by molar-refractivity contribution is 0.0456. The maximum atomic E-state index is 12.9. The standard InChI is InChI=1S/C17H16ClN5O3/c1-2-26-9-20-21-16(24)14-15-12-6-7-22(12)17(25)13-10(18)4-3-5-11(13)23(15)8-19-14/h3-5,8-9,12H,2,6-7H2,1H3,(H,21,24)/t12-/m0/s1. The molecule has 0 saturated carbocycles. The van der Waals surface area contributed by atoms with Gasteiger partial charge < -0.3 is 9.64 Å². The minimum atomic E-state index is -0.459. The Hall–Kier alpha value is -2.87. The molecule has 2 aliphatic heterocycles. The zero-order valence-corrected chi connectivity index (χ0v) is 14.7. The maximum absolute atomic E-state index is 12.9. The number of benzene rings is 1. The Morgan fingerprint density at radius 1 is 1.54 bits per heavy atom. The molecule has 3 heterocycles. The fourth-order valence-corrected chi connectivity index (χ4v) is 3.53. The van der Waals surface area contributed by atoms with E-state index in [0.717, 1.165) is 6.42 Å². The van der Waals surface area contributed by atoms with Crippen LogP contribution >= 0.6 is 11.6 Å². The third-order valence-electron chi connectivity index (χ3n) is 4.54. The van der Waals surface area contributed by atoms with Gasteiger partial charge in [-0.3, -0.25) is 14.2 Å². The topological polar surface area (TPSA) is 88.8 Å². The van der Waals surface area contributed by atoms with Crippen molar-refractivity contribution in [1.82, 2.24) is 19.9 Å². The Morgan fingerprint density at radius 3 is 3.12 bits per heavy atom. The largest absolute Gasteiger partial charge is 0.482 e. The number of hydrogen-bond donors (Lipinski definition) is 1. The van der Waals surface area contributed by atoms with Gasteiger partial charge in [0.15, 0.2) is 12.1 Å². The van der Waals surface area contributed by atoms with Crippen molar-refractivity contribution in [3.8, 4) is 5.69 Å². The number of aromatic nitrogens is 2. The third-order valence-corrected chi connectivity index (χ3v) is 4.86. The number of halogens is 1. The molecule has 0 spiro atoms. The third kappa shape index (κ3) is 2.45. The van der Waals surface area contributed by atoms with Gasteiger partial charge in [-0.1, -0.05) is 17.7 Å². The van der Waals surface area contributed by atoms with E-state index in [1.54, 1.807) is 34.0 Å². The molecule has 4 rings (SSSR count). The average molecular weight is 374 g/mol. The Kier molecular flexibility index (Phi) is 4.12. The van der Waals surface area contributed by atoms with Crippen LogP contribution in [0.4, 0.5) is 0 Å². The number of ether oxygens (including phenoxy) is 1. The lowest BCUT2D eigenvalue weighted by atomic mass is 9.97. The first-order valence-electron chi connectivity index (χ1n) is 8.24. The number of nitrogens with one attached hydrogen (secondary N) is 1. The van der Waals surface area contributed by atoms with Gasteiger partial charge in [-0.2, -0.15) is 0 Å². The SMILES string of the molecule is CCOC=NNC(=O)c1ncn2c1[C@@H]1CCN1C(=O)c1c(Cl)cccc1-2. The molecule has 1 aromatic carbocycles. The molecule has 0 bridgehead atoms. The fourth-order valence-electron chi connectivity index (χ4n) is 3.28. The fraction of sp³-hybridized carbons (Fsp3) is 0.294. The lowest BCUT2D eigenvalue weighted by Gasteiger charge is -2.39. The molecule has 1 N–H and O–H groups in total. The molecule has 9 heteroatoms. The number of hydrazone groups is 1. The molecule has 0 aliphatic carbocycles. The Labute approximate surface area is 154 Å². The van der Waals surface area contributed by atoms with Crippen LogP contribution in [0, 0.1) is 0 Å². The van der Waals surface area contributed by atoms with Gasteiger partial charge in [-0.25, -0.2) is 10.4 Å². The summed E-state index contributed by atoms with van der Waals surface area (Å²) in [5, 5.41) is 4.11. The molecule has 1 fully saturated rings. The predicted octanol–water partition coefficient (Wildman–Crippen LogP) is 2.14. The molecule has 134 valence electrons. The molecule has 1 saturated heterocycles. The summed E-state index contributed by atoms with van der Waals surface area (Å²) in [4.78, 5) is 31.4. The van der Waals surface area contributed by atoms with Gasteiger partial charge in [0, 0.05) is 6.54 Å². The van der Waals surface area contributed by atoms with E-state index in [-0.39, 0.29) is 17.6 Å². The van der Waals surface area contributed by atoms with Gasteiger partial charge in [-0.15, -0.1) is 5.10 Å². The highest BCUT2D eigenvalue weighted by molar-refractivity contribution is 6.34. The number of nitrogens with zero attached hydrogens (tertiary/aromatic N) is 4. The first-order valence-corrected chi connectivity index (χ1v) is 8.61. The van der Waals surface area contributed by atoms with Gasteiger partial charge in [-0.05, 0) is 25.5 Å². The van der Waals surface area contributed by atoms with Crippen LogP contribution in [0.2, 0.25) is 5.02 Å². The van der Waals surface area contributed by atoms with Crippen LogP contribution in [0.15, 0.2) is 29.6 Å². The lowest BCUT2D eigenvalue weighted by Crippen LogP contribution is -2.45. The highest BCUT2D eigenvalue weighted by Gasteiger charge is 2.43. The number of hydrogen-bond acceptors (Lipinski definition) is 5. The van der Waals surface area contributed by atoms with Crippen molar-refractivity contribution in [3.63, 3.8) is 0 Å². The minimum absolute atomic E-state index is 0.133. The summed E-state index contributed by atoms with van der Waals surface area (Å²) in [5.74, 6) is -0.592. The van der Waals surface area contributed by atoms with Crippen molar-refractivity contribution in [2.45, 2.75) is 19.4 Å². The van der Waals surface area contributed by atoms with E-state index in [0.29, 0.717) is 35.1 Å². The monoisotopic (exact) mass is 373 g/mol. The van der Waals surface area contributed by atoms with Crippen molar-refractivity contribution in [2.75, 3.05) is 13.2 Å². The van der Waals surface area contributed by atoms with E-state index >= 15 is 0 Å². The molecule has 2 aliphatic rings. The average Bonchev–Trinajstić information content (AvgIpc) is 2.98. The maximum Gasteiger partial charge on any atom is 0.292 e. The van der Waals surface area contributed by atoms with Crippen molar-refractivity contribution in [1.29, 1.82) is 0 Å². The zero-order chi connectivity index (χ0) is 18.3. The molecule has 26 heavy (non-hydrogen) atoms. The van der Waals surface area contributed by atoms with Gasteiger partial charge >= 0.3 is 0 Å². The smallest absolute Gasteiger partial charge is 0.292 e. The molecular weight excluding hydrogens is 358 g/mol. The number of imidazole rings is 1. The van der Waals surface area contributed by atoms with Crippen molar-refractivity contribution < 1.29 is 14.3 Å². The second-order valence-electron chi connectivity index (χ2n) is 5.92. The van der Waals surface area contributed by atoms with Crippen molar-refractivity contribution in [3.05, 3.63) is 46.5 Å². The van der Waals surface area contributed by atoms with Crippen LogP contribution in [-0.2, 0) is 4.74 Å². The van der Waals surface area contributed by atoms with Crippen molar-refractivity contribution >= 4 is 29.8 Å². The minimum Gasteiger partial charge on any atom is -0.482 e. The molecule has 2 amide bonds. The molecule has 0 radical (unpaired) electrons. The second kappa shape index (κ2) is 6.45. The Balaban J connectivity index is 1.79. The Bertz CT molecular complexity index is 923. The molecule has 1 atom stereocenters. The summed E-state index contributed by atoms with van der Waals surface area (Å²) in [6, 6.07) is 5.04. The first kappa shape index (κ1) is 16.6. The molecule has 0 unspecified atom stereocenters. The second-order valence-corrected chi connectivity index (χ2v) is 6.32. The summed E-state index contributed by atoms with van der Waals surface area (Å²) >= 11 is 6.29. The summed E-state index contributed by atoms with van der Waals surface area (Å²) in [6.45, 7) is 2.88. The van der Waals surface area contributed by atoms with Crippen LogP contribution < -0.4 is 5.43 Å². The van der Waals surface area contributed by atoms with Gasteiger partial charge in [0.2, 0.25) is 0 Å². The van der Waals surface area contributed by atoms with Crippen LogP contribution in [0.3, 0.4) is 0 Å². The van der Waals surface area contributed by atoms with E-state index < -0.39 is 5.91 Å². The summed E-state index contributed by atoms with van der Waals surface area (Å²) in [5.41, 5.74) is 4.34. The number of carbonyl (C=O) groups excluding carboxylic acids is 2. The zero-order valence-electron chi connectivity index (χ0n) is 14.0. The van der Waals surface area contributed by atoms with E-state index in [2.05, 4.69) is 15.5 Å². The quantitative estimate of drug-likeness (QED) is 0.505. The van der Waals surface area contributed by atoms with E-state index in [9.17, 15) is 9.59 Å². The summed E-state index contributed by atoms with van der Waals surface area (Å²) < 4.78 is 6.73. The number of rotatable bonds is 4. The molecule has 1 aromatic heterocycles. The van der Waals surface area contributed by atoms with Crippen molar-refractivity contribution in [2.24, 2.45) is 5.10 Å². The van der Waals surface area contributed by atoms with Gasteiger partial charge in [0.25, 0.3) is 11.8 Å². The van der Waals surface area contributed by atoms with Gasteiger partial charge in [0.05, 0.1) is 34.6 Å². The molecule has 8 nitrogen and oxygen atoms in total. The summed E-state index contributed by atoms with van der Waals surface area (Å²) in [7, 11) is 0. The number of amides is 2. The van der Waals surface area contributed by atoms with E-state index in [4.69, 9.17) is 16.3 Å². The van der Waals surface area contributed by atoms with Crippen LogP contribution in [0.25, 0.3) is 5.69 Å². The van der Waals surface area contributed by atoms with Gasteiger partial charge in [0.1, 0.15) is 6.33 Å². The molecule has 2 aromatic rings. The Morgan fingerprint density at radius 2 is 2.38 bits per heavy atom. The normalized spacial score (nSPS) is 17.8. The highest BCUT2D eigenvalue weighted by atomic mass is 35.5. The van der Waals surface area contributed by atoms with Crippen LogP contribution in [0.1, 0.15) is 45.9 Å². The van der Waals surface area contributed by atoms with E-state index in [1.165, 1.54) is 6.40 Å². The predicted molar refractivity (Wildman–Crippen MR) is 94.6 cm³/mol. The summed E-state index contributed by atoms with van der Waals surface area (Å²) in [6.07, 6.45) is 3.47. The first-order chi connectivity index (χ1) is 12.6. The van der Waals surface area contributed by atoms with Crippen LogP contribution in [0.5, 0.6) is 0 Å². The van der Waals surface area contributed by atoms with E-state index in [1.807, 2.05) is 6.92 Å². The number of fused-ring (bicyclic) bond motifs is 5.